The molecule has 1 aliphatic heterocycles. The fraction of sp³-hybridized carbons (Fsp3) is 0.480. The molecule has 2 aliphatic rings. The van der Waals surface area contributed by atoms with Crippen LogP contribution in [-0.2, 0) is 26.0 Å². The highest BCUT2D eigenvalue weighted by Crippen LogP contribution is 2.55. The van der Waals surface area contributed by atoms with Crippen LogP contribution in [-0.4, -0.2) is 57.8 Å². The van der Waals surface area contributed by atoms with Crippen molar-refractivity contribution < 1.29 is 22.3 Å². The summed E-state index contributed by atoms with van der Waals surface area (Å²) in [6.45, 7) is 2.55. The lowest BCUT2D eigenvalue weighted by atomic mass is 9.91. The fourth-order valence-electron chi connectivity index (χ4n) is 5.08. The number of nitrogens with zero attached hydrogens (tertiary/aromatic N) is 1. The molecule has 1 heterocycles. The minimum absolute atomic E-state index is 0.0921. The van der Waals surface area contributed by atoms with Crippen molar-refractivity contribution in [2.24, 2.45) is 11.3 Å². The minimum atomic E-state index is -3.51. The molecule has 1 spiro atoms. The number of hydrogen-bond donors (Lipinski definition) is 1. The normalized spacial score (nSPS) is 22.5. The maximum atomic E-state index is 15.6. The maximum Gasteiger partial charge on any atom is 0.228 e. The first-order valence-electron chi connectivity index (χ1n) is 11.2. The van der Waals surface area contributed by atoms with Crippen molar-refractivity contribution in [3.8, 4) is 11.1 Å². The Morgan fingerprint density at radius 1 is 1.21 bits per heavy atom. The third-order valence-corrected chi connectivity index (χ3v) is 7.56. The minimum Gasteiger partial charge on any atom is -0.384 e. The number of methoxy groups -OCH3 is 1. The summed E-state index contributed by atoms with van der Waals surface area (Å²) in [5.74, 6) is -0.799. The summed E-state index contributed by atoms with van der Waals surface area (Å²) in [4.78, 5) is 15.1. The highest BCUT2D eigenvalue weighted by Gasteiger charge is 2.61. The van der Waals surface area contributed by atoms with E-state index in [4.69, 9.17) is 4.74 Å². The molecule has 2 aromatic carbocycles. The van der Waals surface area contributed by atoms with E-state index in [2.05, 4.69) is 4.72 Å². The summed E-state index contributed by atoms with van der Waals surface area (Å²) in [7, 11) is -1.96. The molecule has 0 bridgehead atoms. The van der Waals surface area contributed by atoms with Crippen LogP contribution in [0.4, 0.5) is 4.39 Å². The van der Waals surface area contributed by atoms with Crippen LogP contribution in [0.1, 0.15) is 25.3 Å². The number of amides is 1. The summed E-state index contributed by atoms with van der Waals surface area (Å²) < 4.78 is 48.0. The zero-order chi connectivity index (χ0) is 23.8. The molecule has 1 amide bonds. The van der Waals surface area contributed by atoms with Gasteiger partial charge in [0.2, 0.25) is 15.9 Å². The number of halogens is 1. The first-order valence-corrected chi connectivity index (χ1v) is 13.1. The second-order valence-corrected chi connectivity index (χ2v) is 11.2. The highest BCUT2D eigenvalue weighted by atomic mass is 32.2. The van der Waals surface area contributed by atoms with Gasteiger partial charge in [0.05, 0.1) is 24.8 Å². The second-order valence-electron chi connectivity index (χ2n) is 9.47. The van der Waals surface area contributed by atoms with Crippen LogP contribution in [0, 0.1) is 17.2 Å². The zero-order valence-corrected chi connectivity index (χ0v) is 20.1. The van der Waals surface area contributed by atoms with Crippen molar-refractivity contribution in [3.05, 3.63) is 59.9 Å². The maximum absolute atomic E-state index is 15.6. The predicted octanol–water partition coefficient (Wildman–Crippen LogP) is 3.23. The molecule has 6 nitrogen and oxygen atoms in total. The molecule has 2 aromatic rings. The van der Waals surface area contributed by atoms with Gasteiger partial charge < -0.3 is 9.64 Å². The third kappa shape index (κ3) is 4.98. The molecule has 33 heavy (non-hydrogen) atoms. The SMILES string of the molecule is COCC(C)C(=O)N1CC2(CC2)[C@H](NS(C)(=O)=O)[C@@H]1Cc1cccc(-c2ccccc2)c1F. The lowest BCUT2D eigenvalue weighted by Gasteiger charge is -2.31. The summed E-state index contributed by atoms with van der Waals surface area (Å²) in [6, 6.07) is 13.6. The summed E-state index contributed by atoms with van der Waals surface area (Å²) in [5.41, 5.74) is 1.44. The smallest absolute Gasteiger partial charge is 0.228 e. The molecule has 3 atom stereocenters. The molecule has 8 heteroatoms. The second kappa shape index (κ2) is 9.16. The van der Waals surface area contributed by atoms with E-state index in [1.165, 1.54) is 0 Å². The monoisotopic (exact) mass is 474 g/mol. The van der Waals surface area contributed by atoms with Crippen molar-refractivity contribution >= 4 is 15.9 Å². The van der Waals surface area contributed by atoms with Crippen molar-refractivity contribution in [2.75, 3.05) is 26.5 Å². The molecular formula is C25H31FN2O4S. The van der Waals surface area contributed by atoms with Gasteiger partial charge in [-0.2, -0.15) is 0 Å². The number of likely N-dealkylation sites (tertiary alicyclic amines) is 1. The molecule has 178 valence electrons. The average Bonchev–Trinajstić information content (AvgIpc) is 3.50. The van der Waals surface area contributed by atoms with Gasteiger partial charge >= 0.3 is 0 Å². The van der Waals surface area contributed by atoms with Gasteiger partial charge in [0, 0.05) is 30.7 Å². The fourth-order valence-corrected chi connectivity index (χ4v) is 5.95. The van der Waals surface area contributed by atoms with E-state index < -0.39 is 22.1 Å². The van der Waals surface area contributed by atoms with Gasteiger partial charge in [0.15, 0.2) is 0 Å². The zero-order valence-electron chi connectivity index (χ0n) is 19.3. The molecule has 0 aromatic heterocycles. The average molecular weight is 475 g/mol. The van der Waals surface area contributed by atoms with Crippen LogP contribution in [0.25, 0.3) is 11.1 Å². The third-order valence-electron chi connectivity index (χ3n) is 6.88. The standard InChI is InChI=1S/C25H31FN2O4S/c1-17(15-32-2)24(29)28-16-25(12-13-25)23(27-33(3,30)31)21(28)14-19-10-7-11-20(22(19)26)18-8-5-4-6-9-18/h4-11,17,21,23,27H,12-16H2,1-3H3/t17?,21-,23+/m0/s1. The van der Waals surface area contributed by atoms with E-state index in [1.54, 1.807) is 37.1 Å². The number of hydrogen-bond acceptors (Lipinski definition) is 4. The van der Waals surface area contributed by atoms with E-state index in [-0.39, 0.29) is 36.1 Å². The summed E-state index contributed by atoms with van der Waals surface area (Å²) in [5, 5.41) is 0. The van der Waals surface area contributed by atoms with E-state index in [1.807, 2.05) is 30.3 Å². The van der Waals surface area contributed by atoms with E-state index in [0.717, 1.165) is 24.7 Å². The lowest BCUT2D eigenvalue weighted by molar-refractivity contribution is -0.137. The van der Waals surface area contributed by atoms with Crippen molar-refractivity contribution in [3.63, 3.8) is 0 Å². The van der Waals surface area contributed by atoms with E-state index in [0.29, 0.717) is 17.7 Å². The molecular weight excluding hydrogens is 443 g/mol. The number of benzene rings is 2. The van der Waals surface area contributed by atoms with E-state index in [9.17, 15) is 13.2 Å². The van der Waals surface area contributed by atoms with Crippen LogP contribution in [0.3, 0.4) is 0 Å². The van der Waals surface area contributed by atoms with Gasteiger partial charge in [-0.1, -0.05) is 55.5 Å². The number of nitrogens with one attached hydrogen (secondary N) is 1. The summed E-state index contributed by atoms with van der Waals surface area (Å²) >= 11 is 0. The molecule has 4 rings (SSSR count). The topological polar surface area (TPSA) is 75.7 Å². The number of carbonyl (C=O) groups is 1. The van der Waals surface area contributed by atoms with Crippen LogP contribution >= 0.6 is 0 Å². The molecule has 1 unspecified atom stereocenters. The van der Waals surface area contributed by atoms with Crippen molar-refractivity contribution in [2.45, 2.75) is 38.3 Å². The Balaban J connectivity index is 1.71. The molecule has 1 saturated carbocycles. The highest BCUT2D eigenvalue weighted by molar-refractivity contribution is 7.88. The van der Waals surface area contributed by atoms with Gasteiger partial charge in [0.25, 0.3) is 0 Å². The number of carbonyl (C=O) groups excluding carboxylic acids is 1. The summed E-state index contributed by atoms with van der Waals surface area (Å²) in [6.07, 6.45) is 3.04. The molecule has 1 saturated heterocycles. The van der Waals surface area contributed by atoms with Gasteiger partial charge in [-0.05, 0) is 30.4 Å². The van der Waals surface area contributed by atoms with E-state index >= 15 is 4.39 Å². The number of sulfonamides is 1. The van der Waals surface area contributed by atoms with Crippen LogP contribution in [0.15, 0.2) is 48.5 Å². The van der Waals surface area contributed by atoms with Crippen molar-refractivity contribution in [1.82, 2.24) is 9.62 Å². The molecule has 1 N–H and O–H groups in total. The number of ether oxygens (including phenoxy) is 1. The Bertz CT molecular complexity index is 1120. The van der Waals surface area contributed by atoms with Crippen LogP contribution in [0.2, 0.25) is 0 Å². The Hall–Kier alpha value is -2.29. The first kappa shape index (κ1) is 23.9. The van der Waals surface area contributed by atoms with Crippen LogP contribution in [0.5, 0.6) is 0 Å². The first-order chi connectivity index (χ1) is 15.6. The van der Waals surface area contributed by atoms with Crippen LogP contribution < -0.4 is 4.72 Å². The Morgan fingerprint density at radius 3 is 2.52 bits per heavy atom. The molecule has 0 radical (unpaired) electrons. The lowest BCUT2D eigenvalue weighted by Crippen LogP contribution is -2.50. The largest absolute Gasteiger partial charge is 0.384 e. The Morgan fingerprint density at radius 2 is 1.91 bits per heavy atom. The van der Waals surface area contributed by atoms with Gasteiger partial charge in [-0.25, -0.2) is 17.5 Å². The molecule has 2 fully saturated rings. The predicted molar refractivity (Wildman–Crippen MR) is 126 cm³/mol. The van der Waals surface area contributed by atoms with Gasteiger partial charge in [0.1, 0.15) is 5.82 Å². The quantitative estimate of drug-likeness (QED) is 0.638. The van der Waals surface area contributed by atoms with Gasteiger partial charge in [-0.15, -0.1) is 0 Å². The number of rotatable bonds is 8. The van der Waals surface area contributed by atoms with Crippen molar-refractivity contribution in [1.29, 1.82) is 0 Å². The Labute approximate surface area is 195 Å². The molecule has 1 aliphatic carbocycles. The van der Waals surface area contributed by atoms with Gasteiger partial charge in [-0.3, -0.25) is 4.79 Å². The Kier molecular flexibility index (Phi) is 6.62.